The minimum Gasteiger partial charge on any atom is -0.381 e. The molecule has 24 heavy (non-hydrogen) atoms. The summed E-state index contributed by atoms with van der Waals surface area (Å²) in [5, 5.41) is 3.77. The van der Waals surface area contributed by atoms with Gasteiger partial charge in [0.05, 0.1) is 24.8 Å². The summed E-state index contributed by atoms with van der Waals surface area (Å²) >= 11 is 5.91. The van der Waals surface area contributed by atoms with Crippen molar-refractivity contribution in [2.45, 2.75) is 31.4 Å². The summed E-state index contributed by atoms with van der Waals surface area (Å²) in [6.07, 6.45) is 1.82. The minimum absolute atomic E-state index is 0.0344. The van der Waals surface area contributed by atoms with Gasteiger partial charge in [0, 0.05) is 44.2 Å². The summed E-state index contributed by atoms with van der Waals surface area (Å²) < 4.78 is 11.5. The van der Waals surface area contributed by atoms with E-state index < -0.39 is 0 Å². The molecule has 0 aromatic heterocycles. The molecule has 132 valence electrons. The summed E-state index contributed by atoms with van der Waals surface area (Å²) in [6.45, 7) is 6.16. The van der Waals surface area contributed by atoms with Gasteiger partial charge in [-0.15, -0.1) is 0 Å². The van der Waals surface area contributed by atoms with E-state index in [0.29, 0.717) is 18.2 Å². The van der Waals surface area contributed by atoms with Gasteiger partial charge in [-0.25, -0.2) is 0 Å². The molecule has 0 aliphatic carbocycles. The number of amides is 1. The molecule has 1 atom stereocenters. The van der Waals surface area contributed by atoms with Crippen molar-refractivity contribution in [3.8, 4) is 0 Å². The maximum Gasteiger partial charge on any atom is 0.234 e. The van der Waals surface area contributed by atoms with E-state index in [1.54, 1.807) is 0 Å². The van der Waals surface area contributed by atoms with Crippen LogP contribution in [0.5, 0.6) is 0 Å². The number of morpholine rings is 1. The molecule has 0 radical (unpaired) electrons. The predicted octanol–water partition coefficient (Wildman–Crippen LogP) is 2.40. The molecule has 2 heterocycles. The van der Waals surface area contributed by atoms with Gasteiger partial charge in [-0.2, -0.15) is 0 Å². The summed E-state index contributed by atoms with van der Waals surface area (Å²) in [5.74, 6) is 0.0431. The van der Waals surface area contributed by atoms with Crippen LogP contribution in [-0.4, -0.2) is 55.9 Å². The zero-order valence-corrected chi connectivity index (χ0v) is 14.8. The summed E-state index contributed by atoms with van der Waals surface area (Å²) in [7, 11) is 0. The molecule has 1 aromatic carbocycles. The third kappa shape index (κ3) is 4.48. The zero-order valence-electron chi connectivity index (χ0n) is 14.1. The first kappa shape index (κ1) is 17.7. The fourth-order valence-corrected chi connectivity index (χ4v) is 3.56. The molecule has 6 heteroatoms. The van der Waals surface area contributed by atoms with Crippen molar-refractivity contribution in [1.82, 2.24) is 10.2 Å². The number of halogens is 1. The molecule has 0 bridgehead atoms. The third-order valence-electron chi connectivity index (χ3n) is 4.85. The van der Waals surface area contributed by atoms with Crippen LogP contribution in [0, 0.1) is 0 Å². The van der Waals surface area contributed by atoms with Gasteiger partial charge in [-0.05, 0) is 24.6 Å². The molecule has 2 saturated heterocycles. The van der Waals surface area contributed by atoms with Crippen LogP contribution in [0.4, 0.5) is 0 Å². The normalized spacial score (nSPS) is 22.2. The van der Waals surface area contributed by atoms with Gasteiger partial charge in [0.15, 0.2) is 0 Å². The smallest absolute Gasteiger partial charge is 0.234 e. The Morgan fingerprint density at radius 1 is 1.29 bits per heavy atom. The number of carbonyl (C=O) groups excluding carboxylic acids is 1. The van der Waals surface area contributed by atoms with Gasteiger partial charge in [0.1, 0.15) is 0 Å². The second kappa shape index (κ2) is 7.83. The highest BCUT2D eigenvalue weighted by molar-refractivity contribution is 6.30. The van der Waals surface area contributed by atoms with Crippen molar-refractivity contribution in [1.29, 1.82) is 0 Å². The van der Waals surface area contributed by atoms with Crippen molar-refractivity contribution < 1.29 is 14.3 Å². The van der Waals surface area contributed by atoms with E-state index in [0.717, 1.165) is 44.7 Å². The third-order valence-corrected chi connectivity index (χ3v) is 5.10. The Morgan fingerprint density at radius 2 is 2.00 bits per heavy atom. The lowest BCUT2D eigenvalue weighted by Crippen LogP contribution is -2.56. The lowest BCUT2D eigenvalue weighted by Gasteiger charge is -2.44. The molecule has 1 unspecified atom stereocenters. The SMILES string of the molecule is CC(NC(=O)CN1CCOC2(CCOCC2)C1)c1ccc(Cl)cc1. The van der Waals surface area contributed by atoms with Crippen molar-refractivity contribution in [2.24, 2.45) is 0 Å². The second-order valence-corrected chi connectivity index (χ2v) is 7.13. The van der Waals surface area contributed by atoms with Crippen LogP contribution < -0.4 is 5.32 Å². The van der Waals surface area contributed by atoms with Gasteiger partial charge < -0.3 is 14.8 Å². The molecule has 5 nitrogen and oxygen atoms in total. The van der Waals surface area contributed by atoms with Crippen LogP contribution in [0.2, 0.25) is 5.02 Å². The van der Waals surface area contributed by atoms with Crippen molar-refractivity contribution in [2.75, 3.05) is 39.5 Å². The number of nitrogens with one attached hydrogen (secondary N) is 1. The van der Waals surface area contributed by atoms with Crippen LogP contribution in [0.1, 0.15) is 31.4 Å². The standard InChI is InChI=1S/C18H25ClN2O3/c1-14(15-2-4-16(19)5-3-15)20-17(22)12-21-8-11-24-18(13-21)6-9-23-10-7-18/h2-5,14H,6-13H2,1H3,(H,20,22). The average Bonchev–Trinajstić information content (AvgIpc) is 2.56. The summed E-state index contributed by atoms with van der Waals surface area (Å²) in [5.41, 5.74) is 0.925. The highest BCUT2D eigenvalue weighted by Crippen LogP contribution is 2.28. The van der Waals surface area contributed by atoms with Crippen LogP contribution >= 0.6 is 11.6 Å². The van der Waals surface area contributed by atoms with E-state index in [1.807, 2.05) is 31.2 Å². The van der Waals surface area contributed by atoms with Gasteiger partial charge in [-0.3, -0.25) is 9.69 Å². The van der Waals surface area contributed by atoms with Crippen LogP contribution in [0.25, 0.3) is 0 Å². The number of ether oxygens (including phenoxy) is 2. The molecule has 1 aromatic rings. The van der Waals surface area contributed by atoms with Gasteiger partial charge >= 0.3 is 0 Å². The van der Waals surface area contributed by atoms with Crippen molar-refractivity contribution in [3.05, 3.63) is 34.9 Å². The zero-order chi connectivity index (χ0) is 17.0. The Hall–Kier alpha value is -1.14. The molecular weight excluding hydrogens is 328 g/mol. The molecule has 1 N–H and O–H groups in total. The summed E-state index contributed by atoms with van der Waals surface area (Å²) in [6, 6.07) is 7.54. The van der Waals surface area contributed by atoms with Crippen molar-refractivity contribution in [3.63, 3.8) is 0 Å². The first-order valence-electron chi connectivity index (χ1n) is 8.55. The molecular formula is C18H25ClN2O3. The highest BCUT2D eigenvalue weighted by atomic mass is 35.5. The maximum absolute atomic E-state index is 12.4. The largest absolute Gasteiger partial charge is 0.381 e. The molecule has 2 aliphatic rings. The van der Waals surface area contributed by atoms with Gasteiger partial charge in [-0.1, -0.05) is 23.7 Å². The fourth-order valence-electron chi connectivity index (χ4n) is 3.43. The number of hydrogen-bond acceptors (Lipinski definition) is 4. The topological polar surface area (TPSA) is 50.8 Å². The molecule has 0 saturated carbocycles. The fraction of sp³-hybridized carbons (Fsp3) is 0.611. The molecule has 1 spiro atoms. The first-order chi connectivity index (χ1) is 11.6. The Kier molecular flexibility index (Phi) is 5.76. The Bertz CT molecular complexity index is 552. The number of rotatable bonds is 4. The van der Waals surface area contributed by atoms with E-state index >= 15 is 0 Å². The van der Waals surface area contributed by atoms with Crippen LogP contribution in [0.3, 0.4) is 0 Å². The molecule has 3 rings (SSSR count). The van der Waals surface area contributed by atoms with E-state index in [1.165, 1.54) is 0 Å². The number of carbonyl (C=O) groups is 1. The predicted molar refractivity (Wildman–Crippen MR) is 93.2 cm³/mol. The Labute approximate surface area is 148 Å². The monoisotopic (exact) mass is 352 g/mol. The van der Waals surface area contributed by atoms with E-state index in [-0.39, 0.29) is 17.6 Å². The highest BCUT2D eigenvalue weighted by Gasteiger charge is 2.38. The summed E-state index contributed by atoms with van der Waals surface area (Å²) in [4.78, 5) is 14.6. The first-order valence-corrected chi connectivity index (χ1v) is 8.93. The van der Waals surface area contributed by atoms with Crippen molar-refractivity contribution >= 4 is 17.5 Å². The number of hydrogen-bond donors (Lipinski definition) is 1. The minimum atomic E-state index is -0.126. The van der Waals surface area contributed by atoms with Crippen LogP contribution in [0.15, 0.2) is 24.3 Å². The van der Waals surface area contributed by atoms with Crippen LogP contribution in [-0.2, 0) is 14.3 Å². The Balaban J connectivity index is 1.51. The lowest BCUT2D eigenvalue weighted by molar-refractivity contribution is -0.156. The molecule has 2 aliphatic heterocycles. The number of benzene rings is 1. The van der Waals surface area contributed by atoms with E-state index in [9.17, 15) is 4.79 Å². The quantitative estimate of drug-likeness (QED) is 0.904. The molecule has 1 amide bonds. The van der Waals surface area contributed by atoms with E-state index in [4.69, 9.17) is 21.1 Å². The average molecular weight is 353 g/mol. The molecule has 2 fully saturated rings. The Morgan fingerprint density at radius 3 is 2.71 bits per heavy atom. The lowest BCUT2D eigenvalue weighted by atomic mass is 9.92. The number of nitrogens with zero attached hydrogens (tertiary/aromatic N) is 1. The van der Waals surface area contributed by atoms with Gasteiger partial charge in [0.25, 0.3) is 0 Å². The van der Waals surface area contributed by atoms with E-state index in [2.05, 4.69) is 10.2 Å². The maximum atomic E-state index is 12.4. The van der Waals surface area contributed by atoms with Gasteiger partial charge in [0.2, 0.25) is 5.91 Å². The second-order valence-electron chi connectivity index (χ2n) is 6.70.